The van der Waals surface area contributed by atoms with E-state index in [0.29, 0.717) is 5.19 Å². The zero-order valence-corrected chi connectivity index (χ0v) is 7.51. The highest BCUT2D eigenvalue weighted by Gasteiger charge is 2.15. The van der Waals surface area contributed by atoms with Gasteiger partial charge in [0.2, 0.25) is 0 Å². The standard InChI is InChI=1S/C7H11N3OS/c1-2-6(4-8-3-1)11-7-10-9-5-12-7/h5-6,8H,1-4H2. The van der Waals surface area contributed by atoms with Crippen LogP contribution in [0, 0.1) is 0 Å². The Balaban J connectivity index is 1.86. The van der Waals surface area contributed by atoms with Gasteiger partial charge >= 0.3 is 0 Å². The molecule has 1 aliphatic rings. The molecule has 2 rings (SSSR count). The van der Waals surface area contributed by atoms with Crippen LogP contribution in [0.1, 0.15) is 12.8 Å². The summed E-state index contributed by atoms with van der Waals surface area (Å²) in [7, 11) is 0. The Morgan fingerprint density at radius 3 is 3.33 bits per heavy atom. The Morgan fingerprint density at radius 2 is 2.67 bits per heavy atom. The number of hydrogen-bond donors (Lipinski definition) is 1. The number of hydrogen-bond acceptors (Lipinski definition) is 5. The molecular weight excluding hydrogens is 174 g/mol. The van der Waals surface area contributed by atoms with Gasteiger partial charge in [0.05, 0.1) is 0 Å². The lowest BCUT2D eigenvalue weighted by molar-refractivity contribution is 0.165. The molecule has 12 heavy (non-hydrogen) atoms. The molecule has 0 bridgehead atoms. The van der Waals surface area contributed by atoms with Crippen molar-refractivity contribution in [1.29, 1.82) is 0 Å². The van der Waals surface area contributed by atoms with Crippen molar-refractivity contribution in [3.63, 3.8) is 0 Å². The van der Waals surface area contributed by atoms with Gasteiger partial charge in [-0.3, -0.25) is 0 Å². The highest BCUT2D eigenvalue weighted by atomic mass is 32.1. The van der Waals surface area contributed by atoms with Crippen molar-refractivity contribution in [3.8, 4) is 5.19 Å². The van der Waals surface area contributed by atoms with Crippen LogP contribution in [0.2, 0.25) is 0 Å². The van der Waals surface area contributed by atoms with E-state index in [9.17, 15) is 0 Å². The summed E-state index contributed by atoms with van der Waals surface area (Å²) in [6.07, 6.45) is 2.59. The van der Waals surface area contributed by atoms with E-state index < -0.39 is 0 Å². The molecule has 1 saturated heterocycles. The average Bonchev–Trinajstić information content (AvgIpc) is 2.59. The molecule has 0 spiro atoms. The van der Waals surface area contributed by atoms with Gasteiger partial charge in [-0.25, -0.2) is 0 Å². The second-order valence-electron chi connectivity index (χ2n) is 2.79. The van der Waals surface area contributed by atoms with E-state index in [0.717, 1.165) is 19.5 Å². The summed E-state index contributed by atoms with van der Waals surface area (Å²) >= 11 is 1.44. The summed E-state index contributed by atoms with van der Waals surface area (Å²) in [6, 6.07) is 0. The molecule has 5 heteroatoms. The van der Waals surface area contributed by atoms with Gasteiger partial charge in [-0.2, -0.15) is 0 Å². The number of aromatic nitrogens is 2. The molecule has 0 aromatic carbocycles. The van der Waals surface area contributed by atoms with E-state index in [1.807, 2.05) is 0 Å². The minimum atomic E-state index is 0.284. The van der Waals surface area contributed by atoms with Gasteiger partial charge in [-0.15, -0.1) is 10.2 Å². The largest absolute Gasteiger partial charge is 0.464 e. The molecule has 66 valence electrons. The Kier molecular flexibility index (Phi) is 2.53. The van der Waals surface area contributed by atoms with Crippen LogP contribution in [0.3, 0.4) is 0 Å². The Labute approximate surface area is 75.0 Å². The van der Waals surface area contributed by atoms with Gasteiger partial charge in [0, 0.05) is 6.54 Å². The Bertz CT molecular complexity index is 221. The van der Waals surface area contributed by atoms with E-state index in [4.69, 9.17) is 4.74 Å². The van der Waals surface area contributed by atoms with Crippen molar-refractivity contribution in [2.45, 2.75) is 18.9 Å². The zero-order chi connectivity index (χ0) is 8.23. The number of nitrogens with one attached hydrogen (secondary N) is 1. The van der Waals surface area contributed by atoms with Crippen LogP contribution in [0.25, 0.3) is 0 Å². The van der Waals surface area contributed by atoms with E-state index in [-0.39, 0.29) is 6.10 Å². The molecule has 0 saturated carbocycles. The van der Waals surface area contributed by atoms with Crippen LogP contribution in [0.5, 0.6) is 5.19 Å². The number of ether oxygens (including phenoxy) is 1. The van der Waals surface area contributed by atoms with Crippen molar-refractivity contribution in [3.05, 3.63) is 5.51 Å². The summed E-state index contributed by atoms with van der Waals surface area (Å²) < 4.78 is 5.58. The second-order valence-corrected chi connectivity index (χ2v) is 3.59. The van der Waals surface area contributed by atoms with Crippen molar-refractivity contribution in [2.24, 2.45) is 0 Å². The highest BCUT2D eigenvalue weighted by molar-refractivity contribution is 7.11. The van der Waals surface area contributed by atoms with Crippen LogP contribution < -0.4 is 10.1 Å². The predicted molar refractivity (Wildman–Crippen MR) is 46.4 cm³/mol. The summed E-state index contributed by atoms with van der Waals surface area (Å²) in [5, 5.41) is 11.5. The predicted octanol–water partition coefficient (Wildman–Crippen LogP) is 0.669. The smallest absolute Gasteiger partial charge is 0.294 e. The first-order valence-corrected chi connectivity index (χ1v) is 4.96. The first kappa shape index (κ1) is 7.94. The molecule has 2 heterocycles. The van der Waals surface area contributed by atoms with Crippen molar-refractivity contribution in [2.75, 3.05) is 13.1 Å². The van der Waals surface area contributed by atoms with Crippen LogP contribution in [-0.4, -0.2) is 29.4 Å². The number of nitrogens with zero attached hydrogens (tertiary/aromatic N) is 2. The van der Waals surface area contributed by atoms with Crippen LogP contribution in [-0.2, 0) is 0 Å². The molecule has 4 nitrogen and oxygen atoms in total. The van der Waals surface area contributed by atoms with Crippen molar-refractivity contribution < 1.29 is 4.74 Å². The maximum atomic E-state index is 5.58. The first-order valence-electron chi connectivity index (χ1n) is 4.09. The summed E-state index contributed by atoms with van der Waals surface area (Å²) in [5.74, 6) is 0. The van der Waals surface area contributed by atoms with E-state index in [1.54, 1.807) is 5.51 Å². The molecule has 1 aliphatic heterocycles. The normalized spacial score (nSPS) is 23.8. The van der Waals surface area contributed by atoms with Gasteiger partial charge in [-0.05, 0) is 19.4 Å². The molecule has 0 radical (unpaired) electrons. The maximum absolute atomic E-state index is 5.58. The SMILES string of the molecule is c1nnc(OC2CCCNC2)s1. The Hall–Kier alpha value is -0.680. The van der Waals surface area contributed by atoms with Crippen molar-refractivity contribution >= 4 is 11.3 Å². The maximum Gasteiger partial charge on any atom is 0.294 e. The molecule has 0 amide bonds. The molecule has 1 N–H and O–H groups in total. The van der Waals surface area contributed by atoms with Crippen molar-refractivity contribution in [1.82, 2.24) is 15.5 Å². The van der Waals surface area contributed by atoms with Crippen LogP contribution >= 0.6 is 11.3 Å². The van der Waals surface area contributed by atoms with Gasteiger partial charge in [0.1, 0.15) is 11.6 Å². The van der Waals surface area contributed by atoms with Gasteiger partial charge in [0.15, 0.2) is 0 Å². The Morgan fingerprint density at radius 1 is 1.67 bits per heavy atom. The van der Waals surface area contributed by atoms with E-state index >= 15 is 0 Å². The number of rotatable bonds is 2. The van der Waals surface area contributed by atoms with Crippen LogP contribution in [0.4, 0.5) is 0 Å². The molecule has 1 fully saturated rings. The minimum Gasteiger partial charge on any atom is -0.464 e. The third kappa shape index (κ3) is 1.92. The third-order valence-corrected chi connectivity index (χ3v) is 2.44. The first-order chi connectivity index (χ1) is 5.95. The monoisotopic (exact) mass is 185 g/mol. The summed E-state index contributed by atoms with van der Waals surface area (Å²) in [5.41, 5.74) is 1.69. The highest BCUT2D eigenvalue weighted by Crippen LogP contribution is 2.16. The quantitative estimate of drug-likeness (QED) is 0.735. The zero-order valence-electron chi connectivity index (χ0n) is 6.69. The lowest BCUT2D eigenvalue weighted by atomic mass is 10.1. The molecule has 1 aromatic rings. The summed E-state index contributed by atoms with van der Waals surface area (Å²) in [6.45, 7) is 2.04. The second kappa shape index (κ2) is 3.82. The topological polar surface area (TPSA) is 47.0 Å². The fourth-order valence-corrected chi connectivity index (χ4v) is 1.75. The van der Waals surface area contributed by atoms with Crippen LogP contribution in [0.15, 0.2) is 5.51 Å². The molecule has 1 atom stereocenters. The number of piperidine rings is 1. The molecular formula is C7H11N3OS. The van der Waals surface area contributed by atoms with E-state index in [1.165, 1.54) is 17.8 Å². The molecule has 0 aliphatic carbocycles. The minimum absolute atomic E-state index is 0.284. The lowest BCUT2D eigenvalue weighted by Crippen LogP contribution is -2.37. The van der Waals surface area contributed by atoms with E-state index in [2.05, 4.69) is 15.5 Å². The average molecular weight is 185 g/mol. The molecule has 1 unspecified atom stereocenters. The lowest BCUT2D eigenvalue weighted by Gasteiger charge is -2.21. The third-order valence-electron chi connectivity index (χ3n) is 1.86. The summed E-state index contributed by atoms with van der Waals surface area (Å²) in [4.78, 5) is 0. The van der Waals surface area contributed by atoms with Gasteiger partial charge in [-0.1, -0.05) is 11.3 Å². The van der Waals surface area contributed by atoms with Gasteiger partial charge in [0.25, 0.3) is 5.19 Å². The fraction of sp³-hybridized carbons (Fsp3) is 0.714. The fourth-order valence-electron chi connectivity index (χ4n) is 1.28. The van der Waals surface area contributed by atoms with Gasteiger partial charge < -0.3 is 10.1 Å². The molecule has 1 aromatic heterocycles.